The predicted molar refractivity (Wildman–Crippen MR) is 57.0 cm³/mol. The molecule has 0 saturated carbocycles. The molecule has 0 amide bonds. The summed E-state index contributed by atoms with van der Waals surface area (Å²) >= 11 is 0. The second-order valence-corrected chi connectivity index (χ2v) is 4.34. The van der Waals surface area contributed by atoms with E-state index in [1.807, 2.05) is 6.08 Å². The first-order chi connectivity index (χ1) is 6.00. The highest BCUT2D eigenvalue weighted by Crippen LogP contribution is 2.19. The maximum absolute atomic E-state index is 5.80. The Balaban J connectivity index is 2.82. The monoisotopic (exact) mass is 180 g/mol. The Morgan fingerprint density at radius 2 is 1.92 bits per heavy atom. The predicted octanol–water partition coefficient (Wildman–Crippen LogP) is 2.00. The Labute approximate surface area is 80.9 Å². The van der Waals surface area contributed by atoms with E-state index < -0.39 is 0 Å². The third-order valence-corrected chi connectivity index (χ3v) is 2.41. The summed E-state index contributed by atoms with van der Waals surface area (Å²) in [7, 11) is 0. The molecule has 0 aromatic heterocycles. The standard InChI is InChI=1S/C11H20N2/c1-7(2)9-5-10(8(3)4)13-11(12)6-9/h5-8,10,13H,12H2,1-4H3. The third-order valence-electron chi connectivity index (χ3n) is 2.41. The van der Waals surface area contributed by atoms with Crippen LogP contribution in [0, 0.1) is 11.8 Å². The van der Waals surface area contributed by atoms with Crippen molar-refractivity contribution in [3.8, 4) is 0 Å². The lowest BCUT2D eigenvalue weighted by molar-refractivity contribution is 0.487. The van der Waals surface area contributed by atoms with Gasteiger partial charge in [-0.15, -0.1) is 0 Å². The number of hydrogen-bond donors (Lipinski definition) is 2. The van der Waals surface area contributed by atoms with Crippen molar-refractivity contribution in [3.05, 3.63) is 23.5 Å². The smallest absolute Gasteiger partial charge is 0.0967 e. The first-order valence-corrected chi connectivity index (χ1v) is 4.96. The molecular formula is C11H20N2. The summed E-state index contributed by atoms with van der Waals surface area (Å²) in [4.78, 5) is 0. The van der Waals surface area contributed by atoms with Crippen LogP contribution < -0.4 is 11.1 Å². The maximum Gasteiger partial charge on any atom is 0.0967 e. The molecule has 1 aliphatic rings. The van der Waals surface area contributed by atoms with Crippen LogP contribution in [-0.2, 0) is 0 Å². The molecule has 0 aromatic rings. The molecular weight excluding hydrogens is 160 g/mol. The zero-order chi connectivity index (χ0) is 10.0. The summed E-state index contributed by atoms with van der Waals surface area (Å²) in [5, 5.41) is 3.26. The summed E-state index contributed by atoms with van der Waals surface area (Å²) in [6.45, 7) is 8.78. The van der Waals surface area contributed by atoms with E-state index >= 15 is 0 Å². The Bertz CT molecular complexity index is 236. The zero-order valence-corrected chi connectivity index (χ0v) is 8.96. The first kappa shape index (κ1) is 10.2. The first-order valence-electron chi connectivity index (χ1n) is 4.96. The molecule has 1 unspecified atom stereocenters. The Hall–Kier alpha value is -0.920. The van der Waals surface area contributed by atoms with E-state index in [4.69, 9.17) is 5.73 Å². The van der Waals surface area contributed by atoms with E-state index in [1.54, 1.807) is 0 Å². The number of nitrogens with one attached hydrogen (secondary N) is 1. The fourth-order valence-corrected chi connectivity index (χ4v) is 1.43. The van der Waals surface area contributed by atoms with E-state index in [9.17, 15) is 0 Å². The Morgan fingerprint density at radius 1 is 1.31 bits per heavy atom. The van der Waals surface area contributed by atoms with Crippen molar-refractivity contribution in [2.75, 3.05) is 0 Å². The van der Waals surface area contributed by atoms with Gasteiger partial charge in [0.15, 0.2) is 0 Å². The highest BCUT2D eigenvalue weighted by atomic mass is 15.0. The number of dihydropyridines is 1. The van der Waals surface area contributed by atoms with Crippen LogP contribution in [0.25, 0.3) is 0 Å². The molecule has 0 saturated heterocycles. The van der Waals surface area contributed by atoms with Gasteiger partial charge in [-0.05, 0) is 23.5 Å². The van der Waals surface area contributed by atoms with Gasteiger partial charge in [0.05, 0.1) is 5.82 Å². The van der Waals surface area contributed by atoms with E-state index in [1.165, 1.54) is 5.57 Å². The summed E-state index contributed by atoms with van der Waals surface area (Å²) < 4.78 is 0. The molecule has 0 bridgehead atoms. The number of rotatable bonds is 2. The van der Waals surface area contributed by atoms with E-state index in [0.717, 1.165) is 5.82 Å². The van der Waals surface area contributed by atoms with E-state index in [-0.39, 0.29) is 0 Å². The van der Waals surface area contributed by atoms with Crippen LogP contribution in [0.15, 0.2) is 23.5 Å². The lowest BCUT2D eigenvalue weighted by Gasteiger charge is -2.26. The van der Waals surface area contributed by atoms with Gasteiger partial charge in [0, 0.05) is 6.04 Å². The van der Waals surface area contributed by atoms with Gasteiger partial charge in [-0.2, -0.15) is 0 Å². The maximum atomic E-state index is 5.80. The number of hydrogen-bond acceptors (Lipinski definition) is 2. The van der Waals surface area contributed by atoms with Crippen molar-refractivity contribution >= 4 is 0 Å². The molecule has 0 aromatic carbocycles. The Kier molecular flexibility index (Phi) is 3.02. The van der Waals surface area contributed by atoms with Gasteiger partial charge in [0.1, 0.15) is 0 Å². The van der Waals surface area contributed by atoms with Crippen LogP contribution in [0.5, 0.6) is 0 Å². The van der Waals surface area contributed by atoms with Crippen molar-refractivity contribution in [1.82, 2.24) is 5.32 Å². The largest absolute Gasteiger partial charge is 0.386 e. The highest BCUT2D eigenvalue weighted by molar-refractivity contribution is 5.30. The van der Waals surface area contributed by atoms with E-state index in [0.29, 0.717) is 17.9 Å². The van der Waals surface area contributed by atoms with E-state index in [2.05, 4.69) is 39.1 Å². The second kappa shape index (κ2) is 3.86. The molecule has 2 heteroatoms. The summed E-state index contributed by atoms with van der Waals surface area (Å²) in [6.07, 6.45) is 4.31. The molecule has 74 valence electrons. The zero-order valence-electron chi connectivity index (χ0n) is 8.96. The van der Waals surface area contributed by atoms with Gasteiger partial charge >= 0.3 is 0 Å². The Morgan fingerprint density at radius 3 is 2.38 bits per heavy atom. The molecule has 3 N–H and O–H groups in total. The average molecular weight is 180 g/mol. The second-order valence-electron chi connectivity index (χ2n) is 4.34. The lowest BCUT2D eigenvalue weighted by atomic mass is 9.93. The van der Waals surface area contributed by atoms with Crippen molar-refractivity contribution in [1.29, 1.82) is 0 Å². The van der Waals surface area contributed by atoms with Gasteiger partial charge in [-0.25, -0.2) is 0 Å². The number of allylic oxidation sites excluding steroid dienone is 2. The number of nitrogens with two attached hydrogens (primary N) is 1. The molecule has 0 radical (unpaired) electrons. The van der Waals surface area contributed by atoms with Crippen LogP contribution in [0.1, 0.15) is 27.7 Å². The normalized spacial score (nSPS) is 22.8. The SMILES string of the molecule is CC(C)C1=CC(C(C)C)NC(N)=C1. The average Bonchev–Trinajstić information content (AvgIpc) is 2.03. The molecule has 13 heavy (non-hydrogen) atoms. The minimum absolute atomic E-state index is 0.391. The van der Waals surface area contributed by atoms with Gasteiger partial charge in [-0.3, -0.25) is 0 Å². The fourth-order valence-electron chi connectivity index (χ4n) is 1.43. The van der Waals surface area contributed by atoms with Gasteiger partial charge in [0.2, 0.25) is 0 Å². The summed E-state index contributed by atoms with van der Waals surface area (Å²) in [6, 6.07) is 0.391. The molecule has 1 aliphatic heterocycles. The highest BCUT2D eigenvalue weighted by Gasteiger charge is 2.16. The molecule has 1 rings (SSSR count). The minimum Gasteiger partial charge on any atom is -0.386 e. The van der Waals surface area contributed by atoms with Crippen LogP contribution in [0.3, 0.4) is 0 Å². The van der Waals surface area contributed by atoms with Crippen molar-refractivity contribution < 1.29 is 0 Å². The van der Waals surface area contributed by atoms with Crippen molar-refractivity contribution in [2.24, 2.45) is 17.6 Å². The fraction of sp³-hybridized carbons (Fsp3) is 0.636. The van der Waals surface area contributed by atoms with Crippen molar-refractivity contribution in [2.45, 2.75) is 33.7 Å². The molecule has 0 fully saturated rings. The molecule has 1 atom stereocenters. The van der Waals surface area contributed by atoms with Crippen LogP contribution in [0.4, 0.5) is 0 Å². The summed E-state index contributed by atoms with van der Waals surface area (Å²) in [5.74, 6) is 1.94. The van der Waals surface area contributed by atoms with Crippen LogP contribution in [-0.4, -0.2) is 6.04 Å². The van der Waals surface area contributed by atoms with Crippen LogP contribution in [0.2, 0.25) is 0 Å². The van der Waals surface area contributed by atoms with Crippen molar-refractivity contribution in [3.63, 3.8) is 0 Å². The minimum atomic E-state index is 0.391. The summed E-state index contributed by atoms with van der Waals surface area (Å²) in [5.41, 5.74) is 7.14. The molecule has 0 aliphatic carbocycles. The molecule has 2 nitrogen and oxygen atoms in total. The lowest BCUT2D eigenvalue weighted by Crippen LogP contribution is -2.37. The quantitative estimate of drug-likeness (QED) is 0.682. The molecule has 1 heterocycles. The van der Waals surface area contributed by atoms with Crippen LogP contribution >= 0.6 is 0 Å². The topological polar surface area (TPSA) is 38.0 Å². The third kappa shape index (κ3) is 2.51. The van der Waals surface area contributed by atoms with Gasteiger partial charge in [0.25, 0.3) is 0 Å². The molecule has 0 spiro atoms. The van der Waals surface area contributed by atoms with Gasteiger partial charge in [-0.1, -0.05) is 33.8 Å². The van der Waals surface area contributed by atoms with Gasteiger partial charge < -0.3 is 11.1 Å².